The fourth-order valence-corrected chi connectivity index (χ4v) is 11.0. The molecule has 0 saturated carbocycles. The van der Waals surface area contributed by atoms with E-state index in [0.717, 1.165) is 0 Å². The molecule has 0 aromatic heterocycles. The van der Waals surface area contributed by atoms with Crippen molar-refractivity contribution in [2.45, 2.75) is 72.4 Å². The minimum absolute atomic E-state index is 0.285. The molecule has 0 bridgehead atoms. The van der Waals surface area contributed by atoms with Gasteiger partial charge in [0.05, 0.1) is 8.80 Å². The van der Waals surface area contributed by atoms with Gasteiger partial charge in [-0.25, -0.2) is 0 Å². The lowest BCUT2D eigenvalue weighted by atomic mass is 9.88. The standard InChI is InChI=1S/C26H36Si/c1-17(2)26(12-10-9-11-13-26)27(24-15-18(3)14-19(4)16-24)25-22(7)20(5)21(6)23(25)8/h9-12,14-17,25,27H,13H2,1-8H3. The maximum absolute atomic E-state index is 2.58. The molecule has 0 radical (unpaired) electrons. The first kappa shape index (κ1) is 20.1. The van der Waals surface area contributed by atoms with Crippen LogP contribution in [0.1, 0.15) is 59.1 Å². The van der Waals surface area contributed by atoms with E-state index in [4.69, 9.17) is 0 Å². The van der Waals surface area contributed by atoms with E-state index in [-0.39, 0.29) is 5.04 Å². The molecule has 0 nitrogen and oxygen atoms in total. The zero-order valence-electron chi connectivity index (χ0n) is 18.5. The number of hydrogen-bond donors (Lipinski definition) is 0. The molecule has 2 aliphatic carbocycles. The third-order valence-electron chi connectivity index (χ3n) is 7.39. The molecule has 0 N–H and O–H groups in total. The van der Waals surface area contributed by atoms with Crippen molar-refractivity contribution in [2.24, 2.45) is 5.92 Å². The van der Waals surface area contributed by atoms with Crippen LogP contribution in [0.25, 0.3) is 0 Å². The van der Waals surface area contributed by atoms with Crippen LogP contribution in [0.15, 0.2) is 64.8 Å². The summed E-state index contributed by atoms with van der Waals surface area (Å²) in [5.74, 6) is 0.637. The normalized spacial score (nSPS) is 24.5. The van der Waals surface area contributed by atoms with E-state index in [1.54, 1.807) is 16.3 Å². The third-order valence-corrected chi connectivity index (χ3v) is 12.4. The zero-order chi connectivity index (χ0) is 19.9. The van der Waals surface area contributed by atoms with Crippen LogP contribution in [0, 0.1) is 19.8 Å². The Morgan fingerprint density at radius 1 is 0.852 bits per heavy atom. The number of hydrogen-bond acceptors (Lipinski definition) is 0. The van der Waals surface area contributed by atoms with Crippen LogP contribution in [0.5, 0.6) is 0 Å². The third kappa shape index (κ3) is 3.35. The van der Waals surface area contributed by atoms with E-state index >= 15 is 0 Å². The van der Waals surface area contributed by atoms with E-state index in [1.165, 1.54) is 28.7 Å². The van der Waals surface area contributed by atoms with Gasteiger partial charge in [0.1, 0.15) is 0 Å². The summed E-state index contributed by atoms with van der Waals surface area (Å²) >= 11 is 0. The maximum Gasteiger partial charge on any atom is 0.0927 e. The highest BCUT2D eigenvalue weighted by atomic mass is 28.3. The molecule has 0 saturated heterocycles. The molecular formula is C26H36Si. The van der Waals surface area contributed by atoms with Crippen LogP contribution in [0.2, 0.25) is 10.6 Å². The molecule has 144 valence electrons. The summed E-state index contributed by atoms with van der Waals surface area (Å²) in [4.78, 5) is 0. The largest absolute Gasteiger partial charge is 0.0927 e. The smallest absolute Gasteiger partial charge is 0.0840 e. The van der Waals surface area contributed by atoms with Crippen molar-refractivity contribution in [1.82, 2.24) is 0 Å². The SMILES string of the molecule is CC1=C(C)C([SiH](c2cc(C)cc(C)c2)C2(C(C)C)C=CC=CC2)C(C)=C1C. The number of benzene rings is 1. The van der Waals surface area contributed by atoms with Crippen molar-refractivity contribution in [1.29, 1.82) is 0 Å². The van der Waals surface area contributed by atoms with E-state index in [0.29, 0.717) is 11.5 Å². The Balaban J connectivity index is 2.28. The van der Waals surface area contributed by atoms with E-state index < -0.39 is 8.80 Å². The molecule has 0 spiro atoms. The van der Waals surface area contributed by atoms with Gasteiger partial charge in [-0.15, -0.1) is 0 Å². The molecular weight excluding hydrogens is 340 g/mol. The topological polar surface area (TPSA) is 0 Å². The van der Waals surface area contributed by atoms with Gasteiger partial charge in [-0.2, -0.15) is 0 Å². The molecule has 27 heavy (non-hydrogen) atoms. The van der Waals surface area contributed by atoms with Crippen molar-refractivity contribution in [3.8, 4) is 0 Å². The molecule has 3 rings (SSSR count). The summed E-state index contributed by atoms with van der Waals surface area (Å²) in [5, 5.41) is 1.93. The Bertz CT molecular complexity index is 818. The van der Waals surface area contributed by atoms with Crippen molar-refractivity contribution in [3.63, 3.8) is 0 Å². The van der Waals surface area contributed by atoms with Crippen LogP contribution >= 0.6 is 0 Å². The second-order valence-corrected chi connectivity index (χ2v) is 12.6. The Kier molecular flexibility index (Phi) is 5.54. The molecule has 2 unspecified atom stereocenters. The van der Waals surface area contributed by atoms with E-state index in [1.807, 2.05) is 0 Å². The average Bonchev–Trinajstić information content (AvgIpc) is 2.80. The van der Waals surface area contributed by atoms with E-state index in [9.17, 15) is 0 Å². The van der Waals surface area contributed by atoms with Crippen molar-refractivity contribution in [2.75, 3.05) is 0 Å². The van der Waals surface area contributed by atoms with Crippen LogP contribution in [-0.4, -0.2) is 8.80 Å². The Hall–Kier alpha value is -1.60. The highest BCUT2D eigenvalue weighted by Gasteiger charge is 2.48. The van der Waals surface area contributed by atoms with Crippen LogP contribution < -0.4 is 5.19 Å². The molecule has 1 aromatic rings. The van der Waals surface area contributed by atoms with E-state index in [2.05, 4.69) is 97.9 Å². The Morgan fingerprint density at radius 2 is 1.41 bits per heavy atom. The minimum Gasteiger partial charge on any atom is -0.0840 e. The van der Waals surface area contributed by atoms with Gasteiger partial charge < -0.3 is 0 Å². The molecule has 0 heterocycles. The van der Waals surface area contributed by atoms with Crippen LogP contribution in [0.4, 0.5) is 0 Å². The molecule has 2 atom stereocenters. The average molecular weight is 377 g/mol. The summed E-state index contributed by atoms with van der Waals surface area (Å²) in [6.07, 6.45) is 10.7. The van der Waals surface area contributed by atoms with Gasteiger partial charge in [0.15, 0.2) is 0 Å². The van der Waals surface area contributed by atoms with Gasteiger partial charge >= 0.3 is 0 Å². The first-order valence-electron chi connectivity index (χ1n) is 10.5. The summed E-state index contributed by atoms with van der Waals surface area (Å²) in [5.41, 5.74) is 9.78. The number of aryl methyl sites for hydroxylation is 2. The minimum atomic E-state index is -1.42. The lowest BCUT2D eigenvalue weighted by Gasteiger charge is -2.46. The fourth-order valence-electron chi connectivity index (χ4n) is 5.56. The number of allylic oxidation sites excluding steroid dienone is 8. The first-order chi connectivity index (χ1) is 12.7. The lowest BCUT2D eigenvalue weighted by Crippen LogP contribution is -2.49. The summed E-state index contributed by atoms with van der Waals surface area (Å²) in [7, 11) is -1.42. The van der Waals surface area contributed by atoms with Crippen LogP contribution in [0.3, 0.4) is 0 Å². The van der Waals surface area contributed by atoms with Crippen molar-refractivity contribution in [3.05, 3.63) is 75.9 Å². The van der Waals surface area contributed by atoms with Gasteiger partial charge in [-0.05, 0) is 75.6 Å². The molecule has 1 aromatic carbocycles. The maximum atomic E-state index is 2.58. The molecule has 0 fully saturated rings. The lowest BCUT2D eigenvalue weighted by molar-refractivity contribution is 0.475. The Labute approximate surface area is 168 Å². The number of rotatable bonds is 4. The van der Waals surface area contributed by atoms with Gasteiger partial charge in [-0.1, -0.05) is 83.8 Å². The van der Waals surface area contributed by atoms with Gasteiger partial charge in [-0.3, -0.25) is 0 Å². The van der Waals surface area contributed by atoms with Gasteiger partial charge in [0, 0.05) is 0 Å². The van der Waals surface area contributed by atoms with Gasteiger partial charge in [0.25, 0.3) is 0 Å². The quantitative estimate of drug-likeness (QED) is 0.512. The highest BCUT2D eigenvalue weighted by Crippen LogP contribution is 2.55. The summed E-state index contributed by atoms with van der Waals surface area (Å²) < 4.78 is 0. The summed E-state index contributed by atoms with van der Waals surface area (Å²) in [6.45, 7) is 18.9. The highest BCUT2D eigenvalue weighted by molar-refractivity contribution is 6.79. The monoisotopic (exact) mass is 376 g/mol. The van der Waals surface area contributed by atoms with Gasteiger partial charge in [0.2, 0.25) is 0 Å². The Morgan fingerprint density at radius 3 is 1.85 bits per heavy atom. The second-order valence-electron chi connectivity index (χ2n) is 9.25. The first-order valence-corrected chi connectivity index (χ1v) is 12.3. The second kappa shape index (κ2) is 7.43. The molecule has 0 amide bonds. The van der Waals surface area contributed by atoms with Crippen molar-refractivity contribution >= 4 is 14.0 Å². The fraction of sp³-hybridized carbons (Fsp3) is 0.462. The zero-order valence-corrected chi connectivity index (χ0v) is 19.6. The predicted molar refractivity (Wildman–Crippen MR) is 124 cm³/mol. The predicted octanol–water partition coefficient (Wildman–Crippen LogP) is 6.71. The molecule has 0 aliphatic heterocycles. The van der Waals surface area contributed by atoms with Crippen LogP contribution in [-0.2, 0) is 0 Å². The van der Waals surface area contributed by atoms with Crippen molar-refractivity contribution < 1.29 is 0 Å². The molecule has 2 aliphatic rings. The summed E-state index contributed by atoms with van der Waals surface area (Å²) in [6, 6.07) is 7.33. The molecule has 1 heteroatoms.